The third kappa shape index (κ3) is 1.50. The van der Waals surface area contributed by atoms with Crippen LogP contribution < -0.4 is 5.32 Å². The van der Waals surface area contributed by atoms with E-state index in [1.54, 1.807) is 0 Å². The molecule has 3 rings (SSSR count). The molecule has 2 heterocycles. The molecule has 2 bridgehead atoms. The second-order valence-electron chi connectivity index (χ2n) is 5.41. The maximum absolute atomic E-state index is 5.81. The second-order valence-corrected chi connectivity index (χ2v) is 5.41. The van der Waals surface area contributed by atoms with Gasteiger partial charge in [-0.05, 0) is 37.5 Å². The molecule has 3 aliphatic rings. The Labute approximate surface area is 80.0 Å². The van der Waals surface area contributed by atoms with Gasteiger partial charge < -0.3 is 10.1 Å². The summed E-state index contributed by atoms with van der Waals surface area (Å²) in [6.45, 7) is 3.60. The predicted molar refractivity (Wildman–Crippen MR) is 51.6 cm³/mol. The molecule has 0 aromatic rings. The van der Waals surface area contributed by atoms with Crippen LogP contribution in [0.15, 0.2) is 0 Å². The maximum Gasteiger partial charge on any atom is 0.0733 e. The highest BCUT2D eigenvalue weighted by atomic mass is 16.5. The van der Waals surface area contributed by atoms with E-state index in [-0.39, 0.29) is 0 Å². The Bertz CT molecular complexity index is 212. The molecule has 3 fully saturated rings. The molecule has 1 saturated carbocycles. The molecule has 1 N–H and O–H groups in total. The second kappa shape index (κ2) is 2.71. The molecular formula is C11H19NO. The van der Waals surface area contributed by atoms with Crippen molar-refractivity contribution in [1.82, 2.24) is 5.32 Å². The first kappa shape index (κ1) is 8.25. The van der Waals surface area contributed by atoms with Gasteiger partial charge in [0.1, 0.15) is 0 Å². The van der Waals surface area contributed by atoms with E-state index in [1.807, 2.05) is 0 Å². The smallest absolute Gasteiger partial charge is 0.0733 e. The Morgan fingerprint density at radius 1 is 1.38 bits per heavy atom. The first-order chi connectivity index (χ1) is 6.25. The summed E-state index contributed by atoms with van der Waals surface area (Å²) in [6.07, 6.45) is 7.84. The van der Waals surface area contributed by atoms with Gasteiger partial charge in [-0.3, -0.25) is 0 Å². The Balaban J connectivity index is 1.51. The molecule has 2 saturated heterocycles. The predicted octanol–water partition coefficient (Wildman–Crippen LogP) is 1.70. The zero-order valence-corrected chi connectivity index (χ0v) is 8.38. The lowest BCUT2D eigenvalue weighted by atomic mass is 9.95. The molecule has 0 unspecified atom stereocenters. The molecule has 2 nitrogen and oxygen atoms in total. The minimum absolute atomic E-state index is 0.548. The molecule has 2 aliphatic heterocycles. The van der Waals surface area contributed by atoms with Crippen LogP contribution in [0.5, 0.6) is 0 Å². The maximum atomic E-state index is 5.81. The topological polar surface area (TPSA) is 21.3 Å². The van der Waals surface area contributed by atoms with Crippen LogP contribution >= 0.6 is 0 Å². The molecule has 3 atom stereocenters. The van der Waals surface area contributed by atoms with Crippen LogP contribution in [0.2, 0.25) is 0 Å². The summed E-state index contributed by atoms with van der Waals surface area (Å²) in [5, 5.41) is 3.69. The molecule has 0 aromatic heterocycles. The van der Waals surface area contributed by atoms with Gasteiger partial charge in [0.15, 0.2) is 0 Å². The van der Waals surface area contributed by atoms with Crippen molar-refractivity contribution in [2.45, 2.75) is 57.3 Å². The molecular weight excluding hydrogens is 162 g/mol. The van der Waals surface area contributed by atoms with Crippen molar-refractivity contribution < 1.29 is 4.74 Å². The number of ether oxygens (including phenoxy) is 1. The van der Waals surface area contributed by atoms with Gasteiger partial charge in [-0.15, -0.1) is 0 Å². The van der Waals surface area contributed by atoms with Gasteiger partial charge in [0, 0.05) is 12.6 Å². The average Bonchev–Trinajstić information content (AvgIpc) is 2.63. The Hall–Kier alpha value is -0.0800. The van der Waals surface area contributed by atoms with Crippen LogP contribution in [0.4, 0.5) is 0 Å². The molecule has 74 valence electrons. The number of nitrogens with one attached hydrogen (secondary N) is 1. The van der Waals surface area contributed by atoms with Gasteiger partial charge in [0.05, 0.1) is 12.2 Å². The number of hydrogen-bond acceptors (Lipinski definition) is 2. The third-order valence-corrected chi connectivity index (χ3v) is 4.00. The highest BCUT2D eigenvalue weighted by molar-refractivity contribution is 4.97. The first-order valence-electron chi connectivity index (χ1n) is 5.64. The fraction of sp³-hybridized carbons (Fsp3) is 1.00. The summed E-state index contributed by atoms with van der Waals surface area (Å²) in [6, 6.07) is 0.677. The van der Waals surface area contributed by atoms with Crippen LogP contribution in [0.25, 0.3) is 0 Å². The highest BCUT2D eigenvalue weighted by Crippen LogP contribution is 2.44. The van der Waals surface area contributed by atoms with Crippen LogP contribution in [0.3, 0.4) is 0 Å². The summed E-state index contributed by atoms with van der Waals surface area (Å²) < 4.78 is 5.81. The van der Waals surface area contributed by atoms with Crippen molar-refractivity contribution in [2.75, 3.05) is 6.54 Å². The molecule has 0 amide bonds. The van der Waals surface area contributed by atoms with Crippen molar-refractivity contribution in [3.8, 4) is 0 Å². The Kier molecular flexibility index (Phi) is 1.72. The van der Waals surface area contributed by atoms with Gasteiger partial charge in [0.2, 0.25) is 0 Å². The van der Waals surface area contributed by atoms with Crippen LogP contribution in [-0.2, 0) is 4.74 Å². The SMILES string of the molecule is CC1(CN[C@@H]2C[C@H]3CC[C@@H]2O3)CC1. The van der Waals surface area contributed by atoms with Crippen LogP contribution in [0, 0.1) is 5.41 Å². The molecule has 0 spiro atoms. The number of rotatable bonds is 3. The van der Waals surface area contributed by atoms with Gasteiger partial charge in [-0.25, -0.2) is 0 Å². The quantitative estimate of drug-likeness (QED) is 0.715. The lowest BCUT2D eigenvalue weighted by molar-refractivity contribution is 0.0969. The van der Waals surface area contributed by atoms with Crippen LogP contribution in [-0.4, -0.2) is 24.8 Å². The van der Waals surface area contributed by atoms with Gasteiger partial charge in [-0.1, -0.05) is 6.92 Å². The fourth-order valence-corrected chi connectivity index (χ4v) is 2.62. The standard InChI is InChI=1S/C11H19NO/c1-11(4-5-11)7-12-9-6-8-2-3-10(9)13-8/h8-10,12H,2-7H2,1H3/t8-,9-,10+/m1/s1. The lowest BCUT2D eigenvalue weighted by Gasteiger charge is -2.22. The van der Waals surface area contributed by atoms with E-state index in [0.29, 0.717) is 23.7 Å². The fourth-order valence-electron chi connectivity index (χ4n) is 2.62. The van der Waals surface area contributed by atoms with E-state index in [1.165, 1.54) is 38.6 Å². The first-order valence-corrected chi connectivity index (χ1v) is 5.64. The number of hydrogen-bond donors (Lipinski definition) is 1. The average molecular weight is 181 g/mol. The lowest BCUT2D eigenvalue weighted by Crippen LogP contribution is -2.40. The van der Waals surface area contributed by atoms with Crippen molar-refractivity contribution >= 4 is 0 Å². The third-order valence-electron chi connectivity index (χ3n) is 4.00. The Morgan fingerprint density at radius 2 is 2.23 bits per heavy atom. The van der Waals surface area contributed by atoms with E-state index in [2.05, 4.69) is 12.2 Å². The van der Waals surface area contributed by atoms with E-state index in [0.717, 1.165) is 0 Å². The minimum Gasteiger partial charge on any atom is -0.373 e. The zero-order valence-electron chi connectivity index (χ0n) is 8.38. The largest absolute Gasteiger partial charge is 0.373 e. The van der Waals surface area contributed by atoms with E-state index >= 15 is 0 Å². The molecule has 0 radical (unpaired) electrons. The van der Waals surface area contributed by atoms with Gasteiger partial charge in [0.25, 0.3) is 0 Å². The highest BCUT2D eigenvalue weighted by Gasteiger charge is 2.43. The zero-order chi connectivity index (χ0) is 8.89. The Morgan fingerprint density at radius 3 is 2.77 bits per heavy atom. The summed E-state index contributed by atoms with van der Waals surface area (Å²) in [7, 11) is 0. The van der Waals surface area contributed by atoms with Crippen molar-refractivity contribution in [3.63, 3.8) is 0 Å². The minimum atomic E-state index is 0.548. The monoisotopic (exact) mass is 181 g/mol. The van der Waals surface area contributed by atoms with Crippen molar-refractivity contribution in [1.29, 1.82) is 0 Å². The van der Waals surface area contributed by atoms with Gasteiger partial charge in [-0.2, -0.15) is 0 Å². The summed E-state index contributed by atoms with van der Waals surface area (Å²) in [5.74, 6) is 0. The molecule has 2 heteroatoms. The normalized spacial score (nSPS) is 45.5. The summed E-state index contributed by atoms with van der Waals surface area (Å²) >= 11 is 0. The van der Waals surface area contributed by atoms with E-state index < -0.39 is 0 Å². The van der Waals surface area contributed by atoms with Crippen LogP contribution in [0.1, 0.15) is 39.0 Å². The summed E-state index contributed by atoms with van der Waals surface area (Å²) in [4.78, 5) is 0. The summed E-state index contributed by atoms with van der Waals surface area (Å²) in [5.41, 5.74) is 0.641. The molecule has 0 aromatic carbocycles. The molecule has 1 aliphatic carbocycles. The van der Waals surface area contributed by atoms with Crippen molar-refractivity contribution in [3.05, 3.63) is 0 Å². The molecule has 13 heavy (non-hydrogen) atoms. The van der Waals surface area contributed by atoms with Gasteiger partial charge >= 0.3 is 0 Å². The van der Waals surface area contributed by atoms with Crippen molar-refractivity contribution in [2.24, 2.45) is 5.41 Å². The number of fused-ring (bicyclic) bond motifs is 2. The van der Waals surface area contributed by atoms with E-state index in [9.17, 15) is 0 Å². The van der Waals surface area contributed by atoms with E-state index in [4.69, 9.17) is 4.74 Å².